The Morgan fingerprint density at radius 1 is 1.05 bits per heavy atom. The topological polar surface area (TPSA) is 217 Å². The first-order valence-corrected chi connectivity index (χ1v) is 17.3. The number of nitrogens with zero attached hydrogens (tertiary/aromatic N) is 5. The smallest absolute Gasteiger partial charge is 0.382 e. The van der Waals surface area contributed by atoms with Crippen LogP contribution in [0.3, 0.4) is 0 Å². The summed E-state index contributed by atoms with van der Waals surface area (Å²) in [5, 5.41) is 0. The minimum Gasteiger partial charge on any atom is -0.382 e. The van der Waals surface area contributed by atoms with E-state index in [0.29, 0.717) is 0 Å². The zero-order valence-electron chi connectivity index (χ0n) is 20.8. The third-order valence-corrected chi connectivity index (χ3v) is 9.81. The van der Waals surface area contributed by atoms with Crippen LogP contribution in [0.5, 0.6) is 0 Å². The number of aromatic nitrogens is 6. The lowest BCUT2D eigenvalue weighted by molar-refractivity contribution is -0.0576. The quantitative estimate of drug-likeness (QED) is 0.216. The number of alkyl halides is 2. The number of thiol groups is 1. The maximum absolute atomic E-state index is 15.9. The van der Waals surface area contributed by atoms with E-state index in [-0.39, 0.29) is 17.0 Å². The fraction of sp³-hybridized carbons (Fsp3) is 0.526. The number of nitrogens with one attached hydrogen (secondary N) is 1. The maximum Gasteiger partial charge on any atom is 0.386 e. The van der Waals surface area contributed by atoms with E-state index in [0.717, 1.165) is 23.2 Å². The molecule has 3 fully saturated rings. The number of imidazole rings is 1. The Labute approximate surface area is 243 Å². The maximum atomic E-state index is 15.9. The molecule has 228 valence electrons. The van der Waals surface area contributed by atoms with Crippen LogP contribution in [-0.2, 0) is 43.9 Å². The van der Waals surface area contributed by atoms with E-state index in [1.807, 2.05) is 4.98 Å². The molecule has 42 heavy (non-hydrogen) atoms. The van der Waals surface area contributed by atoms with Crippen LogP contribution >= 0.6 is 25.8 Å². The van der Waals surface area contributed by atoms with Crippen molar-refractivity contribution in [1.82, 2.24) is 29.1 Å². The van der Waals surface area contributed by atoms with Crippen LogP contribution in [0, 0.1) is 0 Å². The largest absolute Gasteiger partial charge is 0.386 e. The molecule has 0 radical (unpaired) electrons. The second kappa shape index (κ2) is 11.1. The van der Waals surface area contributed by atoms with E-state index in [2.05, 4.69) is 27.2 Å². The molecule has 3 saturated heterocycles. The Morgan fingerprint density at radius 3 is 2.38 bits per heavy atom. The van der Waals surface area contributed by atoms with Crippen LogP contribution in [0.25, 0.3) is 11.2 Å². The van der Waals surface area contributed by atoms with Gasteiger partial charge in [0.05, 0.1) is 19.5 Å². The van der Waals surface area contributed by atoms with Gasteiger partial charge in [0.2, 0.25) is 0 Å². The molecule has 6 rings (SSSR count). The van der Waals surface area contributed by atoms with Crippen molar-refractivity contribution in [3.05, 3.63) is 45.8 Å². The molecule has 0 aromatic carbocycles. The summed E-state index contributed by atoms with van der Waals surface area (Å²) in [5.74, 6) is 0.0382. The summed E-state index contributed by atoms with van der Waals surface area (Å²) in [5.41, 5.74) is 4.38. The molecule has 3 aromatic rings. The summed E-state index contributed by atoms with van der Waals surface area (Å²) < 4.78 is 79.5. The lowest BCUT2D eigenvalue weighted by Gasteiger charge is -2.29. The molecular weight excluding hydrogens is 650 g/mol. The number of hydrogen-bond acceptors (Lipinski definition) is 14. The number of nitrogens with two attached hydrogens (primary N) is 1. The molecule has 4 N–H and O–H groups in total. The van der Waals surface area contributed by atoms with Gasteiger partial charge in [-0.25, -0.2) is 33.1 Å². The Bertz CT molecular complexity index is 1730. The molecular formula is C19H21F2N7O10P2S2. The highest BCUT2D eigenvalue weighted by atomic mass is 32.7. The number of nitrogen functional groups attached to an aromatic ring is 1. The van der Waals surface area contributed by atoms with Crippen molar-refractivity contribution >= 4 is 54.6 Å². The van der Waals surface area contributed by atoms with Gasteiger partial charge >= 0.3 is 19.2 Å². The standard InChI is InChI=1S/C19H21F2N7O10P2S2/c20-10-13-7(35-17(10)27-2-1-9(29)26-19(27)30)3-33-40(32,42)38-14-8(4-34-39(31,41)37-13)36-18(11(14)21)28-6-25-12-15(22)23-5-24-16(12)28/h1-2,5-8,10-11,13-14,17-18H,3-4H2,(H,31,41)(H,32,42)(H2,22,23,24)(H,26,29,30). The van der Waals surface area contributed by atoms with Gasteiger partial charge in [-0.15, -0.1) is 0 Å². The molecule has 3 aromatic heterocycles. The van der Waals surface area contributed by atoms with Gasteiger partial charge in [-0.3, -0.25) is 32.5 Å². The predicted octanol–water partition coefficient (Wildman–Crippen LogP) is 0.502. The van der Waals surface area contributed by atoms with Gasteiger partial charge in [0, 0.05) is 12.3 Å². The summed E-state index contributed by atoms with van der Waals surface area (Å²) in [6.45, 7) is -10.1. The monoisotopic (exact) mass is 671 g/mol. The molecule has 0 spiro atoms. The van der Waals surface area contributed by atoms with Crippen molar-refractivity contribution in [2.24, 2.45) is 0 Å². The fourth-order valence-corrected chi connectivity index (χ4v) is 7.66. The summed E-state index contributed by atoms with van der Waals surface area (Å²) in [6.07, 6.45) is -10.2. The lowest BCUT2D eigenvalue weighted by Crippen LogP contribution is -2.37. The number of fused-ring (bicyclic) bond motifs is 3. The molecule has 0 amide bonds. The van der Waals surface area contributed by atoms with Gasteiger partial charge < -0.3 is 24.6 Å². The Balaban J connectivity index is 1.28. The highest BCUT2D eigenvalue weighted by molar-refractivity contribution is 8.44. The third kappa shape index (κ3) is 5.59. The lowest BCUT2D eigenvalue weighted by atomic mass is 10.1. The summed E-state index contributed by atoms with van der Waals surface area (Å²) in [7, 11) is 0. The number of ether oxygens (including phenoxy) is 2. The van der Waals surface area contributed by atoms with Gasteiger partial charge in [0.15, 0.2) is 36.3 Å². The van der Waals surface area contributed by atoms with Crippen LogP contribution in [0.15, 0.2) is 34.5 Å². The second-order valence-corrected chi connectivity index (χ2v) is 15.0. The Kier molecular flexibility index (Phi) is 7.89. The SMILES string of the molecule is Nc1ncnc2c1ncn2C1OC2COP(O)(=S)OC3C(COP(=O)(S)OC2C1F)OC(n1ccc(=O)[nH]c1=O)C3F. The van der Waals surface area contributed by atoms with Crippen molar-refractivity contribution < 1.29 is 45.8 Å². The number of halogens is 2. The summed E-state index contributed by atoms with van der Waals surface area (Å²) in [4.78, 5) is 48.4. The predicted molar refractivity (Wildman–Crippen MR) is 143 cm³/mol. The number of aromatic amines is 1. The number of anilines is 1. The fourth-order valence-electron chi connectivity index (χ4n) is 4.74. The second-order valence-electron chi connectivity index (χ2n) is 9.29. The van der Waals surface area contributed by atoms with Gasteiger partial charge in [-0.05, 0) is 11.8 Å². The summed E-state index contributed by atoms with van der Waals surface area (Å²) in [6, 6.07) is 0.961. The third-order valence-electron chi connectivity index (χ3n) is 6.63. The van der Waals surface area contributed by atoms with E-state index < -0.39 is 87.2 Å². The van der Waals surface area contributed by atoms with Crippen molar-refractivity contribution in [1.29, 1.82) is 0 Å². The average Bonchev–Trinajstić information content (AvgIpc) is 3.57. The minimum atomic E-state index is -4.42. The van der Waals surface area contributed by atoms with E-state index in [1.165, 1.54) is 10.9 Å². The molecule has 0 saturated carbocycles. The number of hydrogen-bond donors (Lipinski definition) is 4. The van der Waals surface area contributed by atoms with Crippen LogP contribution in [0.1, 0.15) is 12.5 Å². The molecule has 6 heterocycles. The number of H-pyrrole nitrogens is 1. The first-order chi connectivity index (χ1) is 19.8. The minimum absolute atomic E-state index is 0.0382. The molecule has 10 unspecified atom stereocenters. The molecule has 23 heteroatoms. The zero-order chi connectivity index (χ0) is 30.0. The van der Waals surface area contributed by atoms with Crippen molar-refractivity contribution in [2.75, 3.05) is 18.9 Å². The van der Waals surface area contributed by atoms with Crippen LogP contribution in [0.4, 0.5) is 14.6 Å². The summed E-state index contributed by atoms with van der Waals surface area (Å²) >= 11 is 8.99. The van der Waals surface area contributed by atoms with Crippen molar-refractivity contribution in [3.63, 3.8) is 0 Å². The van der Waals surface area contributed by atoms with E-state index in [1.54, 1.807) is 0 Å². The van der Waals surface area contributed by atoms with Gasteiger partial charge in [0.1, 0.15) is 36.3 Å². The van der Waals surface area contributed by atoms with E-state index in [9.17, 15) is 19.0 Å². The van der Waals surface area contributed by atoms with E-state index >= 15 is 8.78 Å². The molecule has 3 aliphatic rings. The molecule has 17 nitrogen and oxygen atoms in total. The van der Waals surface area contributed by atoms with Crippen LogP contribution in [-0.4, -0.2) is 83.9 Å². The first kappa shape index (κ1) is 29.9. The highest BCUT2D eigenvalue weighted by Crippen LogP contribution is 2.58. The van der Waals surface area contributed by atoms with Gasteiger partial charge in [-0.1, -0.05) is 12.2 Å². The number of rotatable bonds is 2. The molecule has 0 bridgehead atoms. The molecule has 3 aliphatic heterocycles. The van der Waals surface area contributed by atoms with Crippen LogP contribution < -0.4 is 17.0 Å². The van der Waals surface area contributed by atoms with Crippen molar-refractivity contribution in [2.45, 2.75) is 49.2 Å². The van der Waals surface area contributed by atoms with Crippen molar-refractivity contribution in [3.8, 4) is 0 Å². The Morgan fingerprint density at radius 2 is 1.69 bits per heavy atom. The normalized spacial score (nSPS) is 39.3. The van der Waals surface area contributed by atoms with Gasteiger partial charge in [0.25, 0.3) is 5.56 Å². The molecule has 0 aliphatic carbocycles. The molecule has 10 atom stereocenters. The van der Waals surface area contributed by atoms with Gasteiger partial charge in [-0.2, -0.15) is 0 Å². The van der Waals surface area contributed by atoms with E-state index in [4.69, 9.17) is 45.1 Å². The first-order valence-electron chi connectivity index (χ1n) is 12.0. The Hall–Kier alpha value is -2.16. The zero-order valence-corrected chi connectivity index (χ0v) is 24.3. The highest BCUT2D eigenvalue weighted by Gasteiger charge is 2.54. The van der Waals surface area contributed by atoms with Crippen LogP contribution in [0.2, 0.25) is 0 Å². The average molecular weight is 671 g/mol.